The number of nitrogens with zero attached hydrogens (tertiary/aromatic N) is 4. The van der Waals surface area contributed by atoms with Gasteiger partial charge in [0.05, 0.1) is 6.04 Å². The summed E-state index contributed by atoms with van der Waals surface area (Å²) in [5, 5.41) is 15.2. The summed E-state index contributed by atoms with van der Waals surface area (Å²) in [4.78, 5) is 12.9. The van der Waals surface area contributed by atoms with E-state index in [4.69, 9.17) is 5.73 Å². The average molecular weight is 403 g/mol. The number of fused-ring (bicyclic) bond motifs is 2. The van der Waals surface area contributed by atoms with Gasteiger partial charge in [-0.05, 0) is 72.9 Å². The summed E-state index contributed by atoms with van der Waals surface area (Å²) < 4.78 is 1.89. The van der Waals surface area contributed by atoms with E-state index in [1.807, 2.05) is 28.9 Å². The standard InChI is InChI=1S/C20H26N6O.ClH/c21-18-12-3-1-4-13(18)10-15(9-12)20(27)22-16-6-2-5-14(11-16)19-23-24-25-26(19)17-7-8-17;/h2,5-6,11-13,15,17-18H,1,3-4,7-10,21H2,(H,22,27);1H. The number of hydrogen-bond donors (Lipinski definition) is 2. The Morgan fingerprint density at radius 1 is 1.14 bits per heavy atom. The molecular formula is C20H27ClN6O. The van der Waals surface area contributed by atoms with Gasteiger partial charge in [-0.15, -0.1) is 17.5 Å². The van der Waals surface area contributed by atoms with Gasteiger partial charge in [-0.25, -0.2) is 4.68 Å². The maximum atomic E-state index is 12.9. The maximum absolute atomic E-state index is 12.9. The minimum Gasteiger partial charge on any atom is -0.327 e. The molecule has 0 saturated heterocycles. The quantitative estimate of drug-likeness (QED) is 0.818. The van der Waals surface area contributed by atoms with E-state index in [0.717, 1.165) is 42.8 Å². The maximum Gasteiger partial charge on any atom is 0.227 e. The molecule has 28 heavy (non-hydrogen) atoms. The van der Waals surface area contributed by atoms with E-state index >= 15 is 0 Å². The van der Waals surface area contributed by atoms with E-state index in [1.165, 1.54) is 19.3 Å². The normalized spacial score (nSPS) is 29.0. The van der Waals surface area contributed by atoms with Gasteiger partial charge in [-0.2, -0.15) is 0 Å². The zero-order chi connectivity index (χ0) is 18.4. The Morgan fingerprint density at radius 3 is 2.61 bits per heavy atom. The third-order valence-corrected chi connectivity index (χ3v) is 6.56. The third kappa shape index (κ3) is 3.65. The van der Waals surface area contributed by atoms with Crippen LogP contribution >= 0.6 is 12.4 Å². The number of aromatic nitrogens is 4. The average Bonchev–Trinajstić information content (AvgIpc) is 3.38. The molecule has 3 aliphatic carbocycles. The monoisotopic (exact) mass is 402 g/mol. The Morgan fingerprint density at radius 2 is 1.89 bits per heavy atom. The SMILES string of the molecule is Cl.NC1C2CCCC1CC(C(=O)Nc1cccc(-c3nnnn3C3CC3)c1)C2. The van der Waals surface area contributed by atoms with Crippen molar-refractivity contribution >= 4 is 24.0 Å². The molecule has 2 aromatic rings. The summed E-state index contributed by atoms with van der Waals surface area (Å²) in [5.74, 6) is 1.97. The van der Waals surface area contributed by atoms with Crippen molar-refractivity contribution in [3.63, 3.8) is 0 Å². The highest BCUT2D eigenvalue weighted by Gasteiger charge is 2.40. The molecule has 2 atom stereocenters. The van der Waals surface area contributed by atoms with Crippen LogP contribution in [0.1, 0.15) is 51.0 Å². The van der Waals surface area contributed by atoms with E-state index in [1.54, 1.807) is 0 Å². The molecule has 5 rings (SSSR count). The van der Waals surface area contributed by atoms with Crippen LogP contribution in [0.2, 0.25) is 0 Å². The third-order valence-electron chi connectivity index (χ3n) is 6.56. The van der Waals surface area contributed by atoms with Crippen molar-refractivity contribution in [3.8, 4) is 11.4 Å². The van der Waals surface area contributed by atoms with Crippen molar-refractivity contribution in [1.82, 2.24) is 20.2 Å². The molecule has 1 aromatic heterocycles. The lowest BCUT2D eigenvalue weighted by Crippen LogP contribution is -2.48. The number of nitrogens with one attached hydrogen (secondary N) is 1. The molecule has 3 fully saturated rings. The van der Waals surface area contributed by atoms with Crippen molar-refractivity contribution in [1.29, 1.82) is 0 Å². The number of hydrogen-bond acceptors (Lipinski definition) is 5. The van der Waals surface area contributed by atoms with Gasteiger partial charge in [0, 0.05) is 23.2 Å². The van der Waals surface area contributed by atoms with E-state index in [2.05, 4.69) is 20.8 Å². The topological polar surface area (TPSA) is 98.7 Å². The zero-order valence-corrected chi connectivity index (χ0v) is 16.6. The number of anilines is 1. The van der Waals surface area contributed by atoms with Gasteiger partial charge in [0.25, 0.3) is 0 Å². The number of amides is 1. The summed E-state index contributed by atoms with van der Waals surface area (Å²) in [6, 6.07) is 8.54. The molecule has 2 unspecified atom stereocenters. The predicted molar refractivity (Wildman–Crippen MR) is 109 cm³/mol. The fourth-order valence-corrected chi connectivity index (χ4v) is 4.93. The number of halogens is 1. The van der Waals surface area contributed by atoms with Crippen LogP contribution in [0.4, 0.5) is 5.69 Å². The first kappa shape index (κ1) is 19.3. The number of carbonyl (C=O) groups excluding carboxylic acids is 1. The number of rotatable bonds is 4. The molecule has 3 N–H and O–H groups in total. The Hall–Kier alpha value is -1.99. The van der Waals surface area contributed by atoms with Gasteiger partial charge in [0.2, 0.25) is 5.91 Å². The zero-order valence-electron chi connectivity index (χ0n) is 15.8. The van der Waals surface area contributed by atoms with Crippen LogP contribution < -0.4 is 11.1 Å². The van der Waals surface area contributed by atoms with E-state index < -0.39 is 0 Å². The molecule has 1 heterocycles. The van der Waals surface area contributed by atoms with Gasteiger partial charge < -0.3 is 11.1 Å². The Kier molecular flexibility index (Phi) is 5.38. The molecule has 2 bridgehead atoms. The van der Waals surface area contributed by atoms with E-state index in [-0.39, 0.29) is 30.3 Å². The minimum absolute atomic E-state index is 0. The Balaban J connectivity index is 0.00000192. The van der Waals surface area contributed by atoms with Crippen LogP contribution in [0.3, 0.4) is 0 Å². The van der Waals surface area contributed by atoms with Crippen LogP contribution in [0.15, 0.2) is 24.3 Å². The van der Waals surface area contributed by atoms with Crippen molar-refractivity contribution in [2.75, 3.05) is 5.32 Å². The lowest BCUT2D eigenvalue weighted by atomic mass is 9.65. The lowest BCUT2D eigenvalue weighted by molar-refractivity contribution is -0.122. The van der Waals surface area contributed by atoms with Crippen LogP contribution in [0, 0.1) is 17.8 Å². The first-order valence-corrected chi connectivity index (χ1v) is 10.1. The largest absolute Gasteiger partial charge is 0.327 e. The molecule has 7 nitrogen and oxygen atoms in total. The highest BCUT2D eigenvalue weighted by molar-refractivity contribution is 5.93. The van der Waals surface area contributed by atoms with Crippen LogP contribution in [0.5, 0.6) is 0 Å². The predicted octanol–water partition coefficient (Wildman–Crippen LogP) is 3.19. The first-order valence-electron chi connectivity index (χ1n) is 10.1. The van der Waals surface area contributed by atoms with Gasteiger partial charge >= 0.3 is 0 Å². The number of nitrogens with two attached hydrogens (primary N) is 1. The lowest BCUT2D eigenvalue weighted by Gasteiger charge is -2.43. The molecule has 0 spiro atoms. The molecule has 0 radical (unpaired) electrons. The second kappa shape index (κ2) is 7.79. The molecule has 0 aliphatic heterocycles. The van der Waals surface area contributed by atoms with E-state index in [9.17, 15) is 4.79 Å². The van der Waals surface area contributed by atoms with Gasteiger partial charge in [0.1, 0.15) is 0 Å². The van der Waals surface area contributed by atoms with Crippen molar-refractivity contribution in [2.24, 2.45) is 23.5 Å². The molecule has 3 saturated carbocycles. The van der Waals surface area contributed by atoms with Crippen LogP contribution in [-0.4, -0.2) is 32.2 Å². The van der Waals surface area contributed by atoms with Crippen molar-refractivity contribution < 1.29 is 4.79 Å². The van der Waals surface area contributed by atoms with Gasteiger partial charge in [0.15, 0.2) is 5.82 Å². The molecular weight excluding hydrogens is 376 g/mol. The molecule has 1 aromatic carbocycles. The van der Waals surface area contributed by atoms with Gasteiger partial charge in [-0.1, -0.05) is 18.6 Å². The highest BCUT2D eigenvalue weighted by Crippen LogP contribution is 2.42. The first-order chi connectivity index (χ1) is 13.2. The second-order valence-corrected chi connectivity index (χ2v) is 8.45. The summed E-state index contributed by atoms with van der Waals surface area (Å²) in [7, 11) is 0. The fourth-order valence-electron chi connectivity index (χ4n) is 4.93. The van der Waals surface area contributed by atoms with E-state index in [0.29, 0.717) is 17.9 Å². The number of carbonyl (C=O) groups is 1. The van der Waals surface area contributed by atoms with Crippen LogP contribution in [-0.2, 0) is 4.79 Å². The molecule has 1 amide bonds. The molecule has 3 aliphatic rings. The molecule has 150 valence electrons. The Labute approximate surface area is 170 Å². The Bertz CT molecular complexity index is 837. The fraction of sp³-hybridized carbons (Fsp3) is 0.600. The summed E-state index contributed by atoms with van der Waals surface area (Å²) in [6.45, 7) is 0. The van der Waals surface area contributed by atoms with Crippen molar-refractivity contribution in [3.05, 3.63) is 24.3 Å². The van der Waals surface area contributed by atoms with Gasteiger partial charge in [-0.3, -0.25) is 4.79 Å². The smallest absolute Gasteiger partial charge is 0.227 e. The van der Waals surface area contributed by atoms with Crippen molar-refractivity contribution in [2.45, 2.75) is 57.0 Å². The minimum atomic E-state index is 0. The highest BCUT2D eigenvalue weighted by atomic mass is 35.5. The summed E-state index contributed by atoms with van der Waals surface area (Å²) >= 11 is 0. The molecule has 8 heteroatoms. The summed E-state index contributed by atoms with van der Waals surface area (Å²) in [5.41, 5.74) is 8.11. The summed E-state index contributed by atoms with van der Waals surface area (Å²) in [6.07, 6.45) is 7.68. The van der Waals surface area contributed by atoms with Crippen LogP contribution in [0.25, 0.3) is 11.4 Å². The number of benzene rings is 1. The second-order valence-electron chi connectivity index (χ2n) is 8.45. The number of tetrazole rings is 1.